The Labute approximate surface area is 102 Å². The predicted octanol–water partition coefficient (Wildman–Crippen LogP) is 0.890. The van der Waals surface area contributed by atoms with Crippen molar-refractivity contribution in [3.8, 4) is 0 Å². The monoisotopic (exact) mass is 242 g/mol. The summed E-state index contributed by atoms with van der Waals surface area (Å²) in [5, 5.41) is 6.14. The third kappa shape index (κ3) is 2.90. The molecule has 2 rings (SSSR count). The summed E-state index contributed by atoms with van der Waals surface area (Å²) in [6, 6.07) is 0. The first-order chi connectivity index (χ1) is 7.91. The van der Waals surface area contributed by atoms with Crippen molar-refractivity contribution in [3.05, 3.63) is 0 Å². The molecule has 2 aliphatic heterocycles. The zero-order chi connectivity index (χ0) is 12.5. The maximum absolute atomic E-state index is 11.6. The van der Waals surface area contributed by atoms with Gasteiger partial charge in [0.15, 0.2) is 0 Å². The Morgan fingerprint density at radius 1 is 1.59 bits per heavy atom. The molecule has 2 atom stereocenters. The maximum atomic E-state index is 11.6. The SMILES string of the molecule is CC(C)(C)OC(=O)NC[C@@]12CNCC1CCO2. The van der Waals surface area contributed by atoms with Gasteiger partial charge in [0.05, 0.1) is 6.54 Å². The molecule has 0 bridgehead atoms. The topological polar surface area (TPSA) is 59.6 Å². The van der Waals surface area contributed by atoms with E-state index in [2.05, 4.69) is 10.6 Å². The molecule has 5 nitrogen and oxygen atoms in total. The van der Waals surface area contributed by atoms with Crippen molar-refractivity contribution in [3.63, 3.8) is 0 Å². The van der Waals surface area contributed by atoms with Gasteiger partial charge in [-0.1, -0.05) is 0 Å². The van der Waals surface area contributed by atoms with Gasteiger partial charge < -0.3 is 20.1 Å². The largest absolute Gasteiger partial charge is 0.444 e. The number of carbonyl (C=O) groups is 1. The molecule has 2 heterocycles. The summed E-state index contributed by atoms with van der Waals surface area (Å²) in [6.07, 6.45) is 0.705. The highest BCUT2D eigenvalue weighted by atomic mass is 16.6. The first-order valence-electron chi connectivity index (χ1n) is 6.23. The van der Waals surface area contributed by atoms with Gasteiger partial charge in [0, 0.05) is 25.6 Å². The molecule has 2 N–H and O–H groups in total. The molecule has 0 aliphatic carbocycles. The molecule has 2 saturated heterocycles. The van der Waals surface area contributed by atoms with E-state index in [-0.39, 0.29) is 11.7 Å². The Hall–Kier alpha value is -0.810. The minimum atomic E-state index is -0.453. The summed E-state index contributed by atoms with van der Waals surface area (Å²) in [5.41, 5.74) is -0.664. The molecule has 98 valence electrons. The smallest absolute Gasteiger partial charge is 0.407 e. The number of alkyl carbamates (subject to hydrolysis) is 1. The van der Waals surface area contributed by atoms with Crippen LogP contribution in [-0.4, -0.2) is 43.5 Å². The number of ether oxygens (including phenoxy) is 2. The van der Waals surface area contributed by atoms with Crippen LogP contribution in [0.2, 0.25) is 0 Å². The zero-order valence-corrected chi connectivity index (χ0v) is 10.8. The normalized spacial score (nSPS) is 32.3. The van der Waals surface area contributed by atoms with Crippen molar-refractivity contribution in [1.29, 1.82) is 0 Å². The van der Waals surface area contributed by atoms with Crippen molar-refractivity contribution in [1.82, 2.24) is 10.6 Å². The lowest BCUT2D eigenvalue weighted by atomic mass is 9.91. The van der Waals surface area contributed by atoms with Crippen LogP contribution in [0.15, 0.2) is 0 Å². The van der Waals surface area contributed by atoms with Crippen LogP contribution < -0.4 is 10.6 Å². The molecule has 1 amide bonds. The van der Waals surface area contributed by atoms with Gasteiger partial charge in [-0.15, -0.1) is 0 Å². The van der Waals surface area contributed by atoms with E-state index in [1.807, 2.05) is 20.8 Å². The molecule has 0 radical (unpaired) electrons. The Bertz CT molecular complexity index is 289. The van der Waals surface area contributed by atoms with Crippen molar-refractivity contribution in [2.24, 2.45) is 5.92 Å². The second-order valence-electron chi connectivity index (χ2n) is 5.89. The van der Waals surface area contributed by atoms with Crippen LogP contribution in [0.1, 0.15) is 27.2 Å². The molecule has 0 aromatic rings. The zero-order valence-electron chi connectivity index (χ0n) is 10.8. The van der Waals surface area contributed by atoms with Crippen LogP contribution in [0.4, 0.5) is 4.79 Å². The fraction of sp³-hybridized carbons (Fsp3) is 0.917. The van der Waals surface area contributed by atoms with Crippen molar-refractivity contribution < 1.29 is 14.3 Å². The number of nitrogens with one attached hydrogen (secondary N) is 2. The van der Waals surface area contributed by atoms with Crippen LogP contribution >= 0.6 is 0 Å². The average Bonchev–Trinajstić information content (AvgIpc) is 2.69. The van der Waals surface area contributed by atoms with Crippen LogP contribution in [0.5, 0.6) is 0 Å². The summed E-state index contributed by atoms with van der Waals surface area (Å²) < 4.78 is 11.0. The third-order valence-corrected chi connectivity index (χ3v) is 3.35. The van der Waals surface area contributed by atoms with Gasteiger partial charge in [-0.05, 0) is 27.2 Å². The summed E-state index contributed by atoms with van der Waals surface area (Å²) >= 11 is 0. The fourth-order valence-corrected chi connectivity index (χ4v) is 2.52. The number of carbonyl (C=O) groups excluding carboxylic acids is 1. The summed E-state index contributed by atoms with van der Waals surface area (Å²) in [7, 11) is 0. The number of fused-ring (bicyclic) bond motifs is 1. The standard InChI is InChI=1S/C12H22N2O3/c1-11(2,3)17-10(15)14-8-12-7-13-6-9(12)4-5-16-12/h9,13H,4-8H2,1-3H3,(H,14,15)/t9?,12-/m0/s1. The highest BCUT2D eigenvalue weighted by Gasteiger charge is 2.47. The van der Waals surface area contributed by atoms with Crippen molar-refractivity contribution in [2.75, 3.05) is 26.2 Å². The van der Waals surface area contributed by atoms with E-state index in [1.165, 1.54) is 0 Å². The van der Waals surface area contributed by atoms with E-state index in [9.17, 15) is 4.79 Å². The number of hydrogen-bond acceptors (Lipinski definition) is 4. The Morgan fingerprint density at radius 2 is 2.35 bits per heavy atom. The van der Waals surface area contributed by atoms with Crippen molar-refractivity contribution >= 4 is 6.09 Å². The molecule has 0 aromatic heterocycles. The van der Waals surface area contributed by atoms with Crippen molar-refractivity contribution in [2.45, 2.75) is 38.4 Å². The first-order valence-corrected chi connectivity index (χ1v) is 6.23. The average molecular weight is 242 g/mol. The van der Waals surface area contributed by atoms with E-state index in [1.54, 1.807) is 0 Å². The third-order valence-electron chi connectivity index (χ3n) is 3.35. The van der Waals surface area contributed by atoms with Gasteiger partial charge in [0.25, 0.3) is 0 Å². The molecule has 5 heteroatoms. The highest BCUT2D eigenvalue weighted by molar-refractivity contribution is 5.67. The fourth-order valence-electron chi connectivity index (χ4n) is 2.52. The van der Waals surface area contributed by atoms with Crippen LogP contribution in [-0.2, 0) is 9.47 Å². The van der Waals surface area contributed by atoms with Gasteiger partial charge in [-0.25, -0.2) is 4.79 Å². The number of rotatable bonds is 2. The molecule has 17 heavy (non-hydrogen) atoms. The summed E-state index contributed by atoms with van der Waals surface area (Å²) in [6.45, 7) is 8.69. The van der Waals surface area contributed by atoms with Gasteiger partial charge in [0.1, 0.15) is 11.2 Å². The molecule has 0 spiro atoms. The quantitative estimate of drug-likeness (QED) is 0.755. The van der Waals surface area contributed by atoms with Gasteiger partial charge in [0.2, 0.25) is 0 Å². The maximum Gasteiger partial charge on any atom is 0.407 e. The molecule has 0 aromatic carbocycles. The summed E-state index contributed by atoms with van der Waals surface area (Å²) in [4.78, 5) is 11.6. The predicted molar refractivity (Wildman–Crippen MR) is 63.9 cm³/mol. The van der Waals surface area contributed by atoms with Gasteiger partial charge in [-0.3, -0.25) is 0 Å². The van der Waals surface area contributed by atoms with Gasteiger partial charge >= 0.3 is 6.09 Å². The Balaban J connectivity index is 1.83. The highest BCUT2D eigenvalue weighted by Crippen LogP contribution is 2.34. The molecule has 0 saturated carbocycles. The van der Waals surface area contributed by atoms with E-state index < -0.39 is 5.60 Å². The number of amides is 1. The second-order valence-corrected chi connectivity index (χ2v) is 5.89. The molecule has 1 unspecified atom stereocenters. The molecular weight excluding hydrogens is 220 g/mol. The van der Waals surface area contributed by atoms with E-state index in [0.29, 0.717) is 12.5 Å². The molecule has 2 aliphatic rings. The van der Waals surface area contributed by atoms with Crippen LogP contribution in [0, 0.1) is 5.92 Å². The van der Waals surface area contributed by atoms with Gasteiger partial charge in [-0.2, -0.15) is 0 Å². The first kappa shape index (κ1) is 12.6. The lowest BCUT2D eigenvalue weighted by Crippen LogP contribution is -2.48. The Morgan fingerprint density at radius 3 is 3.06 bits per heavy atom. The van der Waals surface area contributed by atoms with Crippen LogP contribution in [0.3, 0.4) is 0 Å². The summed E-state index contributed by atoms with van der Waals surface area (Å²) in [5.74, 6) is 0.512. The molecule has 2 fully saturated rings. The van der Waals surface area contributed by atoms with E-state index in [0.717, 1.165) is 26.1 Å². The minimum Gasteiger partial charge on any atom is -0.444 e. The second kappa shape index (κ2) is 4.46. The van der Waals surface area contributed by atoms with E-state index in [4.69, 9.17) is 9.47 Å². The lowest BCUT2D eigenvalue weighted by molar-refractivity contribution is -0.00147. The minimum absolute atomic E-state index is 0.211. The lowest BCUT2D eigenvalue weighted by Gasteiger charge is -2.28. The van der Waals surface area contributed by atoms with E-state index >= 15 is 0 Å². The van der Waals surface area contributed by atoms with Crippen LogP contribution in [0.25, 0.3) is 0 Å². The Kier molecular flexibility index (Phi) is 3.32. The molecular formula is C12H22N2O3. The number of hydrogen-bond donors (Lipinski definition) is 2.